The van der Waals surface area contributed by atoms with E-state index < -0.39 is 0 Å². The molecule has 4 rings (SSSR count). The van der Waals surface area contributed by atoms with E-state index in [2.05, 4.69) is 74.3 Å². The number of allylic oxidation sites excluding steroid dienone is 2. The highest BCUT2D eigenvalue weighted by Gasteiger charge is 2.15. The number of pyridine rings is 1. The number of thiazole rings is 1. The van der Waals surface area contributed by atoms with Gasteiger partial charge in [-0.15, -0.1) is 0 Å². The van der Waals surface area contributed by atoms with Gasteiger partial charge in [0, 0.05) is 41.6 Å². The summed E-state index contributed by atoms with van der Waals surface area (Å²) < 4.78 is 3.02. The first kappa shape index (κ1) is 23.7. The van der Waals surface area contributed by atoms with E-state index in [0.717, 1.165) is 45.0 Å². The zero-order valence-corrected chi connectivity index (χ0v) is 20.5. The van der Waals surface area contributed by atoms with Gasteiger partial charge in [0.15, 0.2) is 5.13 Å². The average Bonchev–Trinajstić information content (AvgIpc) is 3.48. The van der Waals surface area contributed by atoms with Crippen LogP contribution in [0.3, 0.4) is 0 Å². The molecule has 6 heteroatoms. The van der Waals surface area contributed by atoms with Gasteiger partial charge >= 0.3 is 0 Å². The lowest BCUT2D eigenvalue weighted by atomic mass is 10.0. The lowest BCUT2D eigenvalue weighted by Crippen LogP contribution is -2.08. The molecule has 0 saturated heterocycles. The first-order valence-corrected chi connectivity index (χ1v) is 12.2. The monoisotopic (exact) mass is 447 g/mol. The van der Waals surface area contributed by atoms with E-state index in [1.54, 1.807) is 23.7 Å². The Balaban J connectivity index is 0.000000913. The number of aromatic nitrogens is 4. The second-order valence-corrected chi connectivity index (χ2v) is 8.76. The van der Waals surface area contributed by atoms with Gasteiger partial charge in [-0.3, -0.25) is 4.98 Å². The van der Waals surface area contributed by atoms with Crippen LogP contribution in [0, 0.1) is 5.92 Å². The highest BCUT2D eigenvalue weighted by molar-refractivity contribution is 7.22. The largest absolute Gasteiger partial charge is 0.335 e. The summed E-state index contributed by atoms with van der Waals surface area (Å²) in [5, 5.41) is 8.90. The molecule has 0 radical (unpaired) electrons. The summed E-state index contributed by atoms with van der Waals surface area (Å²) in [6.45, 7) is 10.9. The maximum Gasteiger partial charge on any atom is 0.188 e. The Kier molecular flexibility index (Phi) is 8.56. The van der Waals surface area contributed by atoms with Crippen LogP contribution in [0.15, 0.2) is 66.9 Å². The highest BCUT2D eigenvalue weighted by Crippen LogP contribution is 2.37. The smallest absolute Gasteiger partial charge is 0.188 e. The Morgan fingerprint density at radius 3 is 2.59 bits per heavy atom. The van der Waals surface area contributed by atoms with E-state index in [0.29, 0.717) is 5.92 Å². The van der Waals surface area contributed by atoms with Gasteiger partial charge in [0.2, 0.25) is 0 Å². The number of anilines is 1. The van der Waals surface area contributed by atoms with Crippen molar-refractivity contribution in [1.82, 2.24) is 19.7 Å². The number of benzene rings is 1. The summed E-state index contributed by atoms with van der Waals surface area (Å²) in [5.74, 6) is 0.472. The lowest BCUT2D eigenvalue weighted by molar-refractivity contribution is 0.656. The molecule has 1 atom stereocenters. The molecule has 1 unspecified atom stereocenters. The Labute approximate surface area is 195 Å². The van der Waals surface area contributed by atoms with Crippen molar-refractivity contribution in [1.29, 1.82) is 0 Å². The normalized spacial score (nSPS) is 12.3. The van der Waals surface area contributed by atoms with E-state index in [4.69, 9.17) is 4.98 Å². The van der Waals surface area contributed by atoms with Crippen molar-refractivity contribution in [2.75, 3.05) is 5.32 Å². The van der Waals surface area contributed by atoms with Gasteiger partial charge in [-0.05, 0) is 43.0 Å². The van der Waals surface area contributed by atoms with Crippen LogP contribution in [0.1, 0.15) is 53.9 Å². The van der Waals surface area contributed by atoms with Gasteiger partial charge in [0.1, 0.15) is 0 Å². The molecule has 168 valence electrons. The van der Waals surface area contributed by atoms with E-state index in [1.165, 1.54) is 12.1 Å². The van der Waals surface area contributed by atoms with Crippen molar-refractivity contribution < 1.29 is 0 Å². The number of rotatable bonds is 7. The fourth-order valence-electron chi connectivity index (χ4n) is 3.30. The maximum atomic E-state index is 4.91. The molecule has 32 heavy (non-hydrogen) atoms. The van der Waals surface area contributed by atoms with E-state index in [9.17, 15) is 0 Å². The van der Waals surface area contributed by atoms with Gasteiger partial charge < -0.3 is 5.32 Å². The van der Waals surface area contributed by atoms with Gasteiger partial charge in [0.25, 0.3) is 0 Å². The third-order valence-electron chi connectivity index (χ3n) is 5.03. The molecule has 0 aliphatic rings. The zero-order valence-electron chi connectivity index (χ0n) is 19.7. The van der Waals surface area contributed by atoms with Gasteiger partial charge in [-0.25, -0.2) is 9.67 Å². The predicted octanol–water partition coefficient (Wildman–Crippen LogP) is 7.71. The topological polar surface area (TPSA) is 55.6 Å². The first-order valence-electron chi connectivity index (χ1n) is 11.4. The summed E-state index contributed by atoms with van der Waals surface area (Å²) >= 11 is 1.69. The number of hydrogen-bond acceptors (Lipinski definition) is 5. The molecule has 5 nitrogen and oxygen atoms in total. The molecule has 0 saturated carbocycles. The van der Waals surface area contributed by atoms with Crippen LogP contribution in [-0.4, -0.2) is 19.7 Å². The lowest BCUT2D eigenvalue weighted by Gasteiger charge is -2.14. The fourth-order valence-corrected chi connectivity index (χ4v) is 4.30. The molecule has 1 aromatic carbocycles. The van der Waals surface area contributed by atoms with Gasteiger partial charge in [-0.2, -0.15) is 5.10 Å². The SMILES string of the molecule is CC/C=C(\Nc1nc2cc(-n3cccn3)cc(-c3cccnc3)c2s1)C(C)CC.CCC. The molecule has 0 amide bonds. The number of hydrogen-bond donors (Lipinski definition) is 1. The highest BCUT2D eigenvalue weighted by atomic mass is 32.1. The third-order valence-corrected chi connectivity index (χ3v) is 6.05. The number of nitrogens with zero attached hydrogens (tertiary/aromatic N) is 4. The predicted molar refractivity (Wildman–Crippen MR) is 137 cm³/mol. The maximum absolute atomic E-state index is 4.91. The van der Waals surface area contributed by atoms with Crippen LogP contribution < -0.4 is 5.32 Å². The van der Waals surface area contributed by atoms with Crippen LogP contribution >= 0.6 is 11.3 Å². The average molecular weight is 448 g/mol. The fraction of sp³-hybridized carbons (Fsp3) is 0.346. The summed E-state index contributed by atoms with van der Waals surface area (Å²) in [6, 6.07) is 10.2. The Hall–Kier alpha value is -2.99. The summed E-state index contributed by atoms with van der Waals surface area (Å²) in [6.07, 6.45) is 13.0. The van der Waals surface area contributed by atoms with Gasteiger partial charge in [-0.1, -0.05) is 64.5 Å². The molecule has 0 spiro atoms. The second-order valence-electron chi connectivity index (χ2n) is 7.76. The molecule has 1 N–H and O–H groups in total. The van der Waals surface area contributed by atoms with Crippen LogP contribution in [-0.2, 0) is 0 Å². The van der Waals surface area contributed by atoms with Crippen molar-refractivity contribution in [3.8, 4) is 16.8 Å². The van der Waals surface area contributed by atoms with Crippen molar-refractivity contribution in [3.05, 3.63) is 66.9 Å². The molecule has 0 fully saturated rings. The molecule has 0 aliphatic carbocycles. The van der Waals surface area contributed by atoms with Crippen LogP contribution in [0.5, 0.6) is 0 Å². The summed E-state index contributed by atoms with van der Waals surface area (Å²) in [5.41, 5.74) is 5.39. The minimum Gasteiger partial charge on any atom is -0.335 e. The van der Waals surface area contributed by atoms with Crippen molar-refractivity contribution in [3.63, 3.8) is 0 Å². The molecular formula is C26H33N5S. The summed E-state index contributed by atoms with van der Waals surface area (Å²) in [4.78, 5) is 9.22. The Morgan fingerprint density at radius 1 is 1.16 bits per heavy atom. The van der Waals surface area contributed by atoms with Crippen LogP contribution in [0.25, 0.3) is 27.0 Å². The Bertz CT molecular complexity index is 1130. The van der Waals surface area contributed by atoms with Crippen LogP contribution in [0.4, 0.5) is 5.13 Å². The number of fused-ring (bicyclic) bond motifs is 1. The quantitative estimate of drug-likeness (QED) is 0.315. The summed E-state index contributed by atoms with van der Waals surface area (Å²) in [7, 11) is 0. The molecule has 0 aliphatic heterocycles. The zero-order chi connectivity index (χ0) is 22.9. The van der Waals surface area contributed by atoms with Crippen molar-refractivity contribution in [2.24, 2.45) is 5.92 Å². The number of nitrogens with one attached hydrogen (secondary N) is 1. The molecule has 3 heterocycles. The molecular weight excluding hydrogens is 414 g/mol. The first-order chi connectivity index (χ1) is 15.6. The van der Waals surface area contributed by atoms with Gasteiger partial charge in [0.05, 0.1) is 15.9 Å². The Morgan fingerprint density at radius 2 is 1.97 bits per heavy atom. The van der Waals surface area contributed by atoms with Crippen molar-refractivity contribution in [2.45, 2.75) is 53.9 Å². The minimum absolute atomic E-state index is 0.472. The third kappa shape index (κ3) is 5.62. The van der Waals surface area contributed by atoms with E-state index in [-0.39, 0.29) is 0 Å². The second kappa shape index (κ2) is 11.6. The standard InChI is InChI=1S/C23H25N5S.C3H8/c1-4-8-20(16(3)5-2)26-23-27-21-14-18(28-12-7-11-25-28)13-19(22(21)29-23)17-9-6-10-24-15-17;1-3-2/h6-16H,4-5H2,1-3H3,(H,26,27);3H2,1-2H3/b20-8-;. The van der Waals surface area contributed by atoms with Crippen LogP contribution in [0.2, 0.25) is 0 Å². The molecule has 0 bridgehead atoms. The van der Waals surface area contributed by atoms with E-state index in [1.807, 2.05) is 29.2 Å². The minimum atomic E-state index is 0.472. The van der Waals surface area contributed by atoms with E-state index >= 15 is 0 Å². The molecule has 3 aromatic heterocycles. The van der Waals surface area contributed by atoms with Crippen molar-refractivity contribution >= 4 is 26.7 Å². The molecule has 4 aromatic rings.